The topological polar surface area (TPSA) is 77.8 Å². The van der Waals surface area contributed by atoms with Crippen molar-refractivity contribution in [3.63, 3.8) is 0 Å². The van der Waals surface area contributed by atoms with Crippen LogP contribution in [0.1, 0.15) is 85.5 Å². The molecule has 0 aromatic heterocycles. The molecule has 0 heterocycles. The first kappa shape index (κ1) is 23.4. The van der Waals surface area contributed by atoms with Crippen LogP contribution in [-0.2, 0) is 4.79 Å². The predicted octanol–water partition coefficient (Wildman–Crippen LogP) is 4.51. The van der Waals surface area contributed by atoms with Crippen molar-refractivity contribution < 1.29 is 20.1 Å². The van der Waals surface area contributed by atoms with Gasteiger partial charge in [0.1, 0.15) is 0 Å². The molecular weight excluding hydrogens is 388 g/mol. The zero-order chi connectivity index (χ0) is 22.6. The zero-order valence-electron chi connectivity index (χ0n) is 20.0. The maximum atomic E-state index is 12.0. The quantitative estimate of drug-likeness (QED) is 0.577. The van der Waals surface area contributed by atoms with E-state index >= 15 is 0 Å². The normalized spacial score (nSPS) is 45.2. The van der Waals surface area contributed by atoms with Gasteiger partial charge in [-0.15, -0.1) is 0 Å². The van der Waals surface area contributed by atoms with Crippen molar-refractivity contribution in [2.75, 3.05) is 6.61 Å². The summed E-state index contributed by atoms with van der Waals surface area (Å²) in [5.41, 5.74) is 1.63. The van der Waals surface area contributed by atoms with Gasteiger partial charge in [0.2, 0.25) is 0 Å². The smallest absolute Gasteiger partial charge is 0.155 e. The number of aliphatic hydroxyl groups excluding tert-OH is 3. The van der Waals surface area contributed by atoms with Gasteiger partial charge < -0.3 is 15.3 Å². The van der Waals surface area contributed by atoms with Crippen molar-refractivity contribution >= 4 is 5.78 Å². The van der Waals surface area contributed by atoms with Gasteiger partial charge in [-0.05, 0) is 104 Å². The summed E-state index contributed by atoms with van der Waals surface area (Å²) in [6.45, 7) is 9.12. The number of ketones is 1. The third-order valence-electron chi connectivity index (χ3n) is 10.5. The highest BCUT2D eigenvalue weighted by Gasteiger charge is 2.62. The first-order valence-electron chi connectivity index (χ1n) is 12.8. The molecule has 3 fully saturated rings. The second-order valence-corrected chi connectivity index (χ2v) is 12.1. The summed E-state index contributed by atoms with van der Waals surface area (Å²) in [7, 11) is 0. The Kier molecular flexibility index (Phi) is 6.48. The molecule has 0 radical (unpaired) electrons. The number of hydrogen-bond donors (Lipinski definition) is 3. The Morgan fingerprint density at radius 2 is 1.84 bits per heavy atom. The lowest BCUT2D eigenvalue weighted by Gasteiger charge is -2.58. The summed E-state index contributed by atoms with van der Waals surface area (Å²) in [5, 5.41) is 31.5. The Morgan fingerprint density at radius 3 is 2.55 bits per heavy atom. The van der Waals surface area contributed by atoms with E-state index in [9.17, 15) is 20.1 Å². The van der Waals surface area contributed by atoms with E-state index in [1.807, 2.05) is 13.0 Å². The number of aliphatic hydroxyl groups is 3. The van der Waals surface area contributed by atoms with Gasteiger partial charge in [-0.2, -0.15) is 0 Å². The van der Waals surface area contributed by atoms with E-state index in [1.165, 1.54) is 12.0 Å². The van der Waals surface area contributed by atoms with Crippen molar-refractivity contribution in [1.82, 2.24) is 0 Å². The molecule has 0 bridgehead atoms. The lowest BCUT2D eigenvalue weighted by Crippen LogP contribution is -2.51. The van der Waals surface area contributed by atoms with Crippen LogP contribution in [0.15, 0.2) is 11.6 Å². The van der Waals surface area contributed by atoms with Gasteiger partial charge in [0.05, 0.1) is 12.2 Å². The molecule has 0 spiro atoms. The maximum absolute atomic E-state index is 12.0. The minimum Gasteiger partial charge on any atom is -0.396 e. The van der Waals surface area contributed by atoms with Crippen molar-refractivity contribution in [3.05, 3.63) is 11.6 Å². The van der Waals surface area contributed by atoms with Crippen LogP contribution >= 0.6 is 0 Å². The number of carbonyl (C=O) groups is 1. The highest BCUT2D eigenvalue weighted by atomic mass is 16.3. The Labute approximate surface area is 188 Å². The van der Waals surface area contributed by atoms with E-state index in [-0.39, 0.29) is 41.3 Å². The van der Waals surface area contributed by atoms with E-state index in [0.717, 1.165) is 38.5 Å². The molecule has 0 amide bonds. The van der Waals surface area contributed by atoms with Crippen LogP contribution in [-0.4, -0.2) is 39.9 Å². The molecule has 4 aliphatic rings. The summed E-state index contributed by atoms with van der Waals surface area (Å²) in [6, 6.07) is 0. The second kappa shape index (κ2) is 8.57. The molecule has 4 heteroatoms. The van der Waals surface area contributed by atoms with Gasteiger partial charge in [0.15, 0.2) is 5.78 Å². The van der Waals surface area contributed by atoms with Gasteiger partial charge in [-0.1, -0.05) is 33.3 Å². The standard InChI is InChI=1S/C27H44O4/c1-16(15-28)5-8-23(30)17(2)25-24(31)14-22-20-7-6-18-13-19(29)9-11-26(18,3)21(20)10-12-27(22,25)4/h13,16-17,20-25,28,30-31H,5-12,14-15H2,1-4H3/t16-,17+,20+,21-,22-,23-,24-,25-,26-,27-/m0/s1. The monoisotopic (exact) mass is 432 g/mol. The molecule has 176 valence electrons. The van der Waals surface area contributed by atoms with Crippen LogP contribution in [0.2, 0.25) is 0 Å². The molecule has 3 N–H and O–H groups in total. The highest BCUT2D eigenvalue weighted by molar-refractivity contribution is 5.91. The molecular formula is C27H44O4. The lowest BCUT2D eigenvalue weighted by atomic mass is 9.46. The highest BCUT2D eigenvalue weighted by Crippen LogP contribution is 2.67. The van der Waals surface area contributed by atoms with E-state index in [4.69, 9.17) is 0 Å². The van der Waals surface area contributed by atoms with Crippen molar-refractivity contribution in [2.45, 2.75) is 97.7 Å². The molecule has 4 aliphatic carbocycles. The van der Waals surface area contributed by atoms with Crippen LogP contribution in [0.3, 0.4) is 0 Å². The summed E-state index contributed by atoms with van der Waals surface area (Å²) >= 11 is 0. The minimum absolute atomic E-state index is 0.0642. The molecule has 0 aliphatic heterocycles. The molecule has 4 rings (SSSR count). The maximum Gasteiger partial charge on any atom is 0.155 e. The fraction of sp³-hybridized carbons (Fsp3) is 0.889. The van der Waals surface area contributed by atoms with Gasteiger partial charge in [0, 0.05) is 13.0 Å². The third kappa shape index (κ3) is 3.85. The van der Waals surface area contributed by atoms with E-state index in [2.05, 4.69) is 20.8 Å². The SMILES string of the molecule is C[C@H](CO)CC[C@H](O)[C@@H](C)[C@H]1[C@@H](O)C[C@H]2[C@@H]3CCC4=CC(=O)CC[C@]4(C)[C@H]3CC[C@]12C. The zero-order valence-corrected chi connectivity index (χ0v) is 20.0. The van der Waals surface area contributed by atoms with Crippen LogP contribution in [0.25, 0.3) is 0 Å². The van der Waals surface area contributed by atoms with Crippen LogP contribution in [0.4, 0.5) is 0 Å². The van der Waals surface area contributed by atoms with E-state index in [0.29, 0.717) is 36.4 Å². The Morgan fingerprint density at radius 1 is 1.10 bits per heavy atom. The number of rotatable bonds is 6. The summed E-state index contributed by atoms with van der Waals surface area (Å²) in [5.74, 6) is 2.46. The Hall–Kier alpha value is -0.710. The van der Waals surface area contributed by atoms with E-state index < -0.39 is 6.10 Å². The molecule has 0 aromatic carbocycles. The fourth-order valence-corrected chi connectivity index (χ4v) is 8.61. The average molecular weight is 433 g/mol. The van der Waals surface area contributed by atoms with Gasteiger partial charge in [-0.25, -0.2) is 0 Å². The average Bonchev–Trinajstić information content (AvgIpc) is 3.01. The number of hydrogen-bond acceptors (Lipinski definition) is 4. The fourth-order valence-electron chi connectivity index (χ4n) is 8.61. The molecule has 4 nitrogen and oxygen atoms in total. The minimum atomic E-state index is -0.426. The molecule has 10 atom stereocenters. The molecule has 0 aromatic rings. The van der Waals surface area contributed by atoms with Gasteiger partial charge in [-0.3, -0.25) is 4.79 Å². The number of carbonyl (C=O) groups excluding carboxylic acids is 1. The second-order valence-electron chi connectivity index (χ2n) is 12.1. The van der Waals surface area contributed by atoms with Crippen molar-refractivity contribution in [3.8, 4) is 0 Å². The third-order valence-corrected chi connectivity index (χ3v) is 10.5. The first-order chi connectivity index (χ1) is 14.6. The molecule has 31 heavy (non-hydrogen) atoms. The molecule has 3 saturated carbocycles. The Balaban J connectivity index is 1.53. The van der Waals surface area contributed by atoms with Crippen LogP contribution in [0.5, 0.6) is 0 Å². The van der Waals surface area contributed by atoms with Crippen molar-refractivity contribution in [1.29, 1.82) is 0 Å². The largest absolute Gasteiger partial charge is 0.396 e. The van der Waals surface area contributed by atoms with Gasteiger partial charge in [0.25, 0.3) is 0 Å². The summed E-state index contributed by atoms with van der Waals surface area (Å²) < 4.78 is 0. The first-order valence-corrected chi connectivity index (χ1v) is 12.8. The lowest BCUT2D eigenvalue weighted by molar-refractivity contribution is -0.118. The molecule has 0 saturated heterocycles. The predicted molar refractivity (Wildman–Crippen MR) is 122 cm³/mol. The Bertz CT molecular complexity index is 716. The summed E-state index contributed by atoms with van der Waals surface area (Å²) in [4.78, 5) is 12.0. The van der Waals surface area contributed by atoms with E-state index in [1.54, 1.807) is 0 Å². The number of fused-ring (bicyclic) bond motifs is 5. The van der Waals surface area contributed by atoms with Crippen molar-refractivity contribution in [2.24, 2.45) is 46.3 Å². The number of allylic oxidation sites excluding steroid dienone is 1. The molecule has 0 unspecified atom stereocenters. The van der Waals surface area contributed by atoms with Crippen LogP contribution < -0.4 is 0 Å². The van der Waals surface area contributed by atoms with Gasteiger partial charge >= 0.3 is 0 Å². The van der Waals surface area contributed by atoms with Crippen LogP contribution in [0, 0.1) is 46.3 Å². The summed E-state index contributed by atoms with van der Waals surface area (Å²) in [6.07, 6.45) is 9.72.